The summed E-state index contributed by atoms with van der Waals surface area (Å²) >= 11 is 14.2. The predicted molar refractivity (Wildman–Crippen MR) is 139 cm³/mol. The van der Waals surface area contributed by atoms with E-state index >= 15 is 0 Å². The lowest BCUT2D eigenvalue weighted by Gasteiger charge is -2.20. The predicted octanol–water partition coefficient (Wildman–Crippen LogP) is 8.46. The van der Waals surface area contributed by atoms with E-state index in [1.165, 1.54) is 24.1 Å². The number of hydrogen-bond acceptors (Lipinski definition) is 4. The van der Waals surface area contributed by atoms with Crippen LogP contribution in [0, 0.1) is 5.82 Å². The summed E-state index contributed by atoms with van der Waals surface area (Å²) < 4.78 is 17.9. The molecule has 0 unspecified atom stereocenters. The van der Waals surface area contributed by atoms with E-state index in [2.05, 4.69) is 9.71 Å². The number of pyridine rings is 1. The highest BCUT2D eigenvalue weighted by Crippen LogP contribution is 2.44. The van der Waals surface area contributed by atoms with E-state index in [-0.39, 0.29) is 16.8 Å². The number of rotatable bonds is 5. The van der Waals surface area contributed by atoms with Crippen molar-refractivity contribution in [2.75, 3.05) is 4.72 Å². The van der Waals surface area contributed by atoms with Crippen LogP contribution in [-0.4, -0.2) is 16.1 Å². The summed E-state index contributed by atoms with van der Waals surface area (Å²) in [6.07, 6.45) is 1.54. The molecule has 0 aliphatic rings. The minimum atomic E-state index is -1.07. The summed E-state index contributed by atoms with van der Waals surface area (Å²) in [5.41, 5.74) is 2.71. The van der Waals surface area contributed by atoms with Crippen molar-refractivity contribution in [2.24, 2.45) is 0 Å². The first-order chi connectivity index (χ1) is 16.1. The number of carboxylic acids is 1. The molecule has 0 fully saturated rings. The summed E-state index contributed by atoms with van der Waals surface area (Å²) in [5.74, 6) is -1.34. The Kier molecular flexibility index (Phi) is 6.76. The highest BCUT2D eigenvalue weighted by atomic mass is 35.5. The molecule has 0 aliphatic heterocycles. The Balaban J connectivity index is 1.78. The molecule has 0 saturated carbocycles. The van der Waals surface area contributed by atoms with Crippen LogP contribution in [0.15, 0.2) is 65.7 Å². The third-order valence-electron chi connectivity index (χ3n) is 5.39. The number of nitrogens with one attached hydrogen (secondary N) is 1. The number of nitrogens with zero attached hydrogens (tertiary/aromatic N) is 1. The fraction of sp³-hybridized carbons (Fsp3) is 0.154. The zero-order chi connectivity index (χ0) is 24.6. The standard InChI is InChI=1S/C26H21Cl2FN2O2S/c1-26(2,3)18-9-6-14(13-20(18)29)34-31-21-11-10-19(27)23(28)22(21)15-7-8-17(25(32)33)24-16(15)5-4-12-30-24/h4-13,31H,1-3H3,(H,32,33). The Morgan fingerprint density at radius 3 is 2.53 bits per heavy atom. The van der Waals surface area contributed by atoms with Gasteiger partial charge in [-0.1, -0.05) is 62.2 Å². The first kappa shape index (κ1) is 24.3. The minimum absolute atomic E-state index is 0.0933. The maximum atomic E-state index is 14.7. The molecule has 174 valence electrons. The Morgan fingerprint density at radius 1 is 1.09 bits per heavy atom. The molecule has 1 heterocycles. The highest BCUT2D eigenvalue weighted by molar-refractivity contribution is 8.00. The van der Waals surface area contributed by atoms with E-state index in [9.17, 15) is 14.3 Å². The first-order valence-corrected chi connectivity index (χ1v) is 12.0. The lowest BCUT2D eigenvalue weighted by Crippen LogP contribution is -2.13. The fourth-order valence-corrected chi connectivity index (χ4v) is 4.86. The van der Waals surface area contributed by atoms with E-state index in [0.29, 0.717) is 48.2 Å². The maximum absolute atomic E-state index is 14.7. The molecule has 3 aromatic carbocycles. The van der Waals surface area contributed by atoms with E-state index in [4.69, 9.17) is 23.2 Å². The number of fused-ring (bicyclic) bond motifs is 1. The molecule has 4 rings (SSSR count). The van der Waals surface area contributed by atoms with Crippen molar-refractivity contribution >= 4 is 57.7 Å². The maximum Gasteiger partial charge on any atom is 0.337 e. The second-order valence-electron chi connectivity index (χ2n) is 8.75. The van der Waals surface area contributed by atoms with Crippen LogP contribution < -0.4 is 4.72 Å². The van der Waals surface area contributed by atoms with Crippen molar-refractivity contribution in [1.82, 2.24) is 4.98 Å². The van der Waals surface area contributed by atoms with Gasteiger partial charge in [-0.15, -0.1) is 0 Å². The van der Waals surface area contributed by atoms with Crippen molar-refractivity contribution < 1.29 is 14.3 Å². The molecular weight excluding hydrogens is 494 g/mol. The number of aromatic nitrogens is 1. The third kappa shape index (κ3) is 4.71. The molecule has 34 heavy (non-hydrogen) atoms. The fourth-order valence-electron chi connectivity index (χ4n) is 3.74. The van der Waals surface area contributed by atoms with Crippen LogP contribution in [0.2, 0.25) is 10.0 Å². The second-order valence-corrected chi connectivity index (χ2v) is 10.4. The molecule has 0 bridgehead atoms. The summed E-state index contributed by atoms with van der Waals surface area (Å²) in [6, 6.07) is 15.3. The quantitative estimate of drug-likeness (QED) is 0.261. The molecule has 0 aliphatic carbocycles. The van der Waals surface area contributed by atoms with Crippen LogP contribution in [0.5, 0.6) is 0 Å². The van der Waals surface area contributed by atoms with Crippen LogP contribution in [0.4, 0.5) is 10.1 Å². The number of carboxylic acid groups (broad SMARTS) is 1. The molecule has 1 aromatic heterocycles. The van der Waals surface area contributed by atoms with Gasteiger partial charge in [-0.05, 0) is 64.9 Å². The Labute approximate surface area is 211 Å². The molecule has 2 N–H and O–H groups in total. The van der Waals surface area contributed by atoms with E-state index < -0.39 is 5.97 Å². The van der Waals surface area contributed by atoms with Gasteiger partial charge in [0.15, 0.2) is 0 Å². The van der Waals surface area contributed by atoms with E-state index in [1.54, 1.807) is 42.6 Å². The van der Waals surface area contributed by atoms with Gasteiger partial charge in [-0.3, -0.25) is 4.98 Å². The topological polar surface area (TPSA) is 62.2 Å². The van der Waals surface area contributed by atoms with Crippen LogP contribution in [0.25, 0.3) is 22.0 Å². The van der Waals surface area contributed by atoms with Gasteiger partial charge in [0.1, 0.15) is 5.82 Å². The summed E-state index contributed by atoms with van der Waals surface area (Å²) in [5, 5.41) is 10.9. The zero-order valence-corrected chi connectivity index (χ0v) is 20.9. The molecule has 8 heteroatoms. The average molecular weight is 515 g/mol. The van der Waals surface area contributed by atoms with Crippen molar-refractivity contribution in [3.05, 3.63) is 87.8 Å². The molecule has 0 spiro atoms. The van der Waals surface area contributed by atoms with E-state index in [1.807, 2.05) is 26.8 Å². The third-order valence-corrected chi connectivity index (χ3v) is 7.01. The van der Waals surface area contributed by atoms with Crippen molar-refractivity contribution in [3.8, 4) is 11.1 Å². The summed E-state index contributed by atoms with van der Waals surface area (Å²) in [4.78, 5) is 16.7. The normalized spacial score (nSPS) is 11.6. The van der Waals surface area contributed by atoms with Gasteiger partial charge in [0.05, 0.1) is 26.8 Å². The van der Waals surface area contributed by atoms with Gasteiger partial charge in [0, 0.05) is 22.0 Å². The number of benzene rings is 3. The first-order valence-electron chi connectivity index (χ1n) is 10.4. The van der Waals surface area contributed by atoms with Crippen molar-refractivity contribution in [2.45, 2.75) is 31.1 Å². The van der Waals surface area contributed by atoms with Gasteiger partial charge in [0.2, 0.25) is 0 Å². The average Bonchev–Trinajstić information content (AvgIpc) is 2.78. The van der Waals surface area contributed by atoms with Crippen molar-refractivity contribution in [1.29, 1.82) is 0 Å². The van der Waals surface area contributed by atoms with Crippen LogP contribution in [0.3, 0.4) is 0 Å². The smallest absolute Gasteiger partial charge is 0.337 e. The Morgan fingerprint density at radius 2 is 1.85 bits per heavy atom. The number of carbonyl (C=O) groups is 1. The van der Waals surface area contributed by atoms with Gasteiger partial charge in [-0.2, -0.15) is 0 Å². The summed E-state index contributed by atoms with van der Waals surface area (Å²) in [6.45, 7) is 5.90. The lowest BCUT2D eigenvalue weighted by atomic mass is 9.87. The number of anilines is 1. The van der Waals surface area contributed by atoms with Crippen LogP contribution >= 0.6 is 35.1 Å². The van der Waals surface area contributed by atoms with Crippen LogP contribution in [0.1, 0.15) is 36.7 Å². The van der Waals surface area contributed by atoms with Gasteiger partial charge in [-0.25, -0.2) is 9.18 Å². The van der Waals surface area contributed by atoms with E-state index in [0.717, 1.165) is 0 Å². The molecule has 0 saturated heterocycles. The molecule has 0 atom stereocenters. The van der Waals surface area contributed by atoms with Gasteiger partial charge in [0.25, 0.3) is 0 Å². The molecule has 4 nitrogen and oxygen atoms in total. The summed E-state index contributed by atoms with van der Waals surface area (Å²) in [7, 11) is 0. The Hall–Kier alpha value is -2.80. The SMILES string of the molecule is CC(C)(C)c1ccc(SNc2ccc(Cl)c(Cl)c2-c2ccc(C(=O)O)c3ncccc23)cc1F. The molecular formula is C26H21Cl2FN2O2S. The zero-order valence-electron chi connectivity index (χ0n) is 18.6. The Bertz CT molecular complexity index is 1420. The number of hydrogen-bond donors (Lipinski definition) is 2. The molecule has 0 radical (unpaired) electrons. The van der Waals surface area contributed by atoms with Gasteiger partial charge < -0.3 is 9.83 Å². The highest BCUT2D eigenvalue weighted by Gasteiger charge is 2.21. The number of halogens is 3. The minimum Gasteiger partial charge on any atom is -0.478 e. The molecule has 4 aromatic rings. The number of aromatic carboxylic acids is 1. The largest absolute Gasteiger partial charge is 0.478 e. The lowest BCUT2D eigenvalue weighted by molar-refractivity contribution is 0.0699. The molecule has 0 amide bonds. The second kappa shape index (κ2) is 9.45. The van der Waals surface area contributed by atoms with Gasteiger partial charge >= 0.3 is 5.97 Å². The monoisotopic (exact) mass is 514 g/mol. The van der Waals surface area contributed by atoms with Crippen LogP contribution in [-0.2, 0) is 5.41 Å². The van der Waals surface area contributed by atoms with Crippen molar-refractivity contribution in [3.63, 3.8) is 0 Å².